The largest absolute Gasteiger partial charge is 0.760 e. The number of nitrogens with one attached hydrogen (secondary N) is 1. The maximum Gasteiger partial charge on any atom is 0.197 e. The minimum Gasteiger partial charge on any atom is -0.760 e. The van der Waals surface area contributed by atoms with Gasteiger partial charge in [-0.3, -0.25) is 4.21 Å². The third-order valence-corrected chi connectivity index (χ3v) is 5.05. The smallest absolute Gasteiger partial charge is 0.197 e. The molecule has 9 nitrogen and oxygen atoms in total. The fraction of sp³-hybridized carbons (Fsp3) is 0.278. The lowest BCUT2D eigenvalue weighted by atomic mass is 9.99. The van der Waals surface area contributed by atoms with E-state index in [1.165, 1.54) is 12.1 Å². The fourth-order valence-electron chi connectivity index (χ4n) is 3.31. The van der Waals surface area contributed by atoms with Gasteiger partial charge in [0.15, 0.2) is 11.6 Å². The Morgan fingerprint density at radius 3 is 2.79 bits per heavy atom. The second-order valence-corrected chi connectivity index (χ2v) is 7.24. The lowest BCUT2D eigenvalue weighted by Gasteiger charge is -2.35. The number of halogens is 1. The van der Waals surface area contributed by atoms with Gasteiger partial charge in [-0.25, -0.2) is 34.0 Å². The highest BCUT2D eigenvalue weighted by atomic mass is 32.2. The Morgan fingerprint density at radius 2 is 2.03 bits per heavy atom. The number of nitrogens with zero attached hydrogens (tertiary/aromatic N) is 6. The van der Waals surface area contributed by atoms with Crippen LogP contribution < -0.4 is 9.62 Å². The van der Waals surface area contributed by atoms with E-state index in [4.69, 9.17) is 0 Å². The van der Waals surface area contributed by atoms with Crippen molar-refractivity contribution in [3.63, 3.8) is 0 Å². The van der Waals surface area contributed by atoms with Crippen LogP contribution in [0.2, 0.25) is 0 Å². The third kappa shape index (κ3) is 4.26. The second-order valence-electron chi connectivity index (χ2n) is 6.48. The van der Waals surface area contributed by atoms with Crippen LogP contribution in [0.4, 0.5) is 10.2 Å². The fourth-order valence-corrected chi connectivity index (χ4v) is 3.57. The Morgan fingerprint density at radius 1 is 1.24 bits per heavy atom. The molecule has 4 heterocycles. The predicted molar refractivity (Wildman–Crippen MR) is 102 cm³/mol. The van der Waals surface area contributed by atoms with Crippen molar-refractivity contribution in [1.29, 1.82) is 0 Å². The number of hydrogen-bond donors (Lipinski definition) is 1. The zero-order valence-electron chi connectivity index (χ0n) is 15.4. The molecule has 29 heavy (non-hydrogen) atoms. The first-order valence-corrected chi connectivity index (χ1v) is 9.98. The molecule has 4 rings (SSSR count). The molecule has 1 N–H and O–H groups in total. The molecule has 0 amide bonds. The zero-order chi connectivity index (χ0) is 20.4. The summed E-state index contributed by atoms with van der Waals surface area (Å²) in [5, 5.41) is 0. The summed E-state index contributed by atoms with van der Waals surface area (Å²) in [4.78, 5) is 23.7. The van der Waals surface area contributed by atoms with E-state index in [-0.39, 0.29) is 12.6 Å². The molecule has 0 spiro atoms. The number of anilines is 1. The first-order valence-electron chi connectivity index (χ1n) is 8.90. The molecular weight excluding hydrogens is 397 g/mol. The Bertz CT molecular complexity index is 1050. The van der Waals surface area contributed by atoms with Gasteiger partial charge in [0, 0.05) is 61.0 Å². The molecule has 11 heteroatoms. The molecule has 1 aliphatic rings. The SMILES string of the molecule is CC1c2cnc(-c3ncccn3)nc2CCN1c1cc(F)cc(CNS(=O)[O-])n1. The van der Waals surface area contributed by atoms with Crippen molar-refractivity contribution in [3.8, 4) is 11.6 Å². The summed E-state index contributed by atoms with van der Waals surface area (Å²) >= 11 is -2.44. The first-order chi connectivity index (χ1) is 14.0. The number of aromatic nitrogens is 5. The molecule has 2 atom stereocenters. The number of pyridine rings is 1. The van der Waals surface area contributed by atoms with Crippen LogP contribution in [0.5, 0.6) is 0 Å². The summed E-state index contributed by atoms with van der Waals surface area (Å²) in [7, 11) is 0. The van der Waals surface area contributed by atoms with E-state index in [0.29, 0.717) is 36.1 Å². The zero-order valence-corrected chi connectivity index (χ0v) is 16.3. The molecule has 0 aliphatic carbocycles. The molecule has 0 aromatic carbocycles. The quantitative estimate of drug-likeness (QED) is 0.624. The molecule has 3 aromatic rings. The molecular formula is C18H17FN7O2S-. The van der Waals surface area contributed by atoms with Crippen LogP contribution in [-0.4, -0.2) is 40.2 Å². The Labute approximate surface area is 168 Å². The Balaban J connectivity index is 1.61. The van der Waals surface area contributed by atoms with Crippen LogP contribution in [0.3, 0.4) is 0 Å². The molecule has 0 bridgehead atoms. The lowest BCUT2D eigenvalue weighted by molar-refractivity contribution is 0.521. The Hall–Kier alpha value is -2.89. The van der Waals surface area contributed by atoms with Crippen molar-refractivity contribution in [2.24, 2.45) is 0 Å². The maximum absolute atomic E-state index is 14.1. The van der Waals surface area contributed by atoms with E-state index in [1.54, 1.807) is 24.7 Å². The van der Waals surface area contributed by atoms with Crippen molar-refractivity contribution in [2.45, 2.75) is 25.9 Å². The Kier molecular flexibility index (Phi) is 5.51. The molecule has 2 unspecified atom stereocenters. The van der Waals surface area contributed by atoms with Crippen molar-refractivity contribution in [3.05, 3.63) is 59.6 Å². The number of hydrogen-bond acceptors (Lipinski definition) is 8. The van der Waals surface area contributed by atoms with Gasteiger partial charge < -0.3 is 9.45 Å². The van der Waals surface area contributed by atoms with Gasteiger partial charge in [-0.15, -0.1) is 0 Å². The lowest BCUT2D eigenvalue weighted by Crippen LogP contribution is -2.35. The van der Waals surface area contributed by atoms with Crippen LogP contribution >= 0.6 is 0 Å². The molecule has 1 aliphatic heterocycles. The summed E-state index contributed by atoms with van der Waals surface area (Å²) < 4.78 is 37.7. The molecule has 0 fully saturated rings. The minimum atomic E-state index is -2.44. The summed E-state index contributed by atoms with van der Waals surface area (Å²) in [5.41, 5.74) is 2.11. The molecule has 0 radical (unpaired) electrons. The average molecular weight is 414 g/mol. The summed E-state index contributed by atoms with van der Waals surface area (Å²) in [6.07, 6.45) is 5.64. The van der Waals surface area contributed by atoms with Crippen molar-refractivity contribution >= 4 is 17.1 Å². The van der Waals surface area contributed by atoms with Gasteiger partial charge in [-0.2, -0.15) is 0 Å². The molecule has 150 valence electrons. The highest BCUT2D eigenvalue weighted by Crippen LogP contribution is 2.32. The van der Waals surface area contributed by atoms with Crippen LogP contribution in [-0.2, 0) is 24.2 Å². The summed E-state index contributed by atoms with van der Waals surface area (Å²) in [6, 6.07) is 4.15. The molecule has 3 aromatic heterocycles. The van der Waals surface area contributed by atoms with Gasteiger partial charge in [-0.1, -0.05) is 0 Å². The summed E-state index contributed by atoms with van der Waals surface area (Å²) in [6.45, 7) is 2.47. The van der Waals surface area contributed by atoms with E-state index < -0.39 is 17.1 Å². The van der Waals surface area contributed by atoms with Crippen LogP contribution in [0.25, 0.3) is 11.6 Å². The van der Waals surface area contributed by atoms with E-state index in [9.17, 15) is 13.2 Å². The van der Waals surface area contributed by atoms with Gasteiger partial charge in [0.05, 0.1) is 17.4 Å². The van der Waals surface area contributed by atoms with Gasteiger partial charge in [0.2, 0.25) is 0 Å². The van der Waals surface area contributed by atoms with Gasteiger partial charge in [0.25, 0.3) is 0 Å². The number of fused-ring (bicyclic) bond motifs is 1. The van der Waals surface area contributed by atoms with E-state index in [0.717, 1.165) is 11.3 Å². The maximum atomic E-state index is 14.1. The normalized spacial score (nSPS) is 17.1. The number of rotatable bonds is 5. The van der Waals surface area contributed by atoms with E-state index in [2.05, 4.69) is 29.6 Å². The van der Waals surface area contributed by atoms with Crippen molar-refractivity contribution in [1.82, 2.24) is 29.6 Å². The van der Waals surface area contributed by atoms with Crippen LogP contribution in [0.1, 0.15) is 29.9 Å². The average Bonchev–Trinajstić information content (AvgIpc) is 2.72. The molecule has 0 saturated heterocycles. The summed E-state index contributed by atoms with van der Waals surface area (Å²) in [5.74, 6) is 0.888. The second kappa shape index (κ2) is 8.23. The molecule has 0 saturated carbocycles. The van der Waals surface area contributed by atoms with Crippen LogP contribution in [0.15, 0.2) is 36.8 Å². The monoisotopic (exact) mass is 414 g/mol. The highest BCUT2D eigenvalue weighted by molar-refractivity contribution is 7.77. The van der Waals surface area contributed by atoms with Gasteiger partial charge >= 0.3 is 0 Å². The van der Waals surface area contributed by atoms with Gasteiger partial charge in [-0.05, 0) is 19.1 Å². The van der Waals surface area contributed by atoms with Gasteiger partial charge in [0.1, 0.15) is 11.6 Å². The minimum absolute atomic E-state index is 0.0801. The van der Waals surface area contributed by atoms with E-state index >= 15 is 0 Å². The third-order valence-electron chi connectivity index (χ3n) is 4.67. The standard InChI is InChI=1S/C18H18FN7O2S/c1-11-14-10-22-18(17-20-4-2-5-21-17)25-15(14)3-6-26(11)16-8-12(19)7-13(24-16)9-23-29(27)28/h2,4-5,7-8,10-11,23H,3,6,9H2,1H3,(H,27,28)/p-1. The van der Waals surface area contributed by atoms with E-state index in [1.807, 2.05) is 11.8 Å². The topological polar surface area (TPSA) is 120 Å². The van der Waals surface area contributed by atoms with Crippen molar-refractivity contribution in [2.75, 3.05) is 11.4 Å². The highest BCUT2D eigenvalue weighted by Gasteiger charge is 2.27. The first kappa shape index (κ1) is 19.4. The predicted octanol–water partition coefficient (Wildman–Crippen LogP) is 1.48. The van der Waals surface area contributed by atoms with Crippen molar-refractivity contribution < 1.29 is 13.2 Å². The van der Waals surface area contributed by atoms with Crippen LogP contribution in [0, 0.1) is 5.82 Å².